The highest BCUT2D eigenvalue weighted by Gasteiger charge is 2.42. The fourth-order valence-corrected chi connectivity index (χ4v) is 4.78. The van der Waals surface area contributed by atoms with Gasteiger partial charge in [-0.3, -0.25) is 15.2 Å². The fourth-order valence-electron chi connectivity index (χ4n) is 4.78. The molecule has 8 nitrogen and oxygen atoms in total. The molecule has 3 N–H and O–H groups in total. The fraction of sp³-hybridized carbons (Fsp3) is 0.480. The van der Waals surface area contributed by atoms with Crippen molar-refractivity contribution in [3.63, 3.8) is 0 Å². The maximum absolute atomic E-state index is 13.0. The Morgan fingerprint density at radius 2 is 1.83 bits per heavy atom. The van der Waals surface area contributed by atoms with Crippen LogP contribution in [0.2, 0.25) is 0 Å². The molecule has 0 atom stereocenters. The van der Waals surface area contributed by atoms with Crippen molar-refractivity contribution in [3.8, 4) is 5.75 Å². The number of pyridine rings is 1. The molecule has 35 heavy (non-hydrogen) atoms. The number of hydrogen-bond donors (Lipinski definition) is 2. The van der Waals surface area contributed by atoms with Crippen molar-refractivity contribution in [1.82, 2.24) is 9.88 Å². The Labute approximate surface area is 219 Å². The van der Waals surface area contributed by atoms with Gasteiger partial charge in [-0.05, 0) is 68.0 Å². The van der Waals surface area contributed by atoms with Crippen LogP contribution in [0.1, 0.15) is 37.3 Å². The van der Waals surface area contributed by atoms with Crippen molar-refractivity contribution in [3.05, 3.63) is 53.9 Å². The Bertz CT molecular complexity index is 984. The SMILES string of the molecule is CCOC(=O)C1(CCOc2ccc3c(c2)CN(C(=N)N)CC3)CCN(c2ccncc2)CC1.Cl.Cl. The van der Waals surface area contributed by atoms with E-state index < -0.39 is 5.41 Å². The first kappa shape index (κ1) is 28.5. The molecule has 10 heteroatoms. The second kappa shape index (κ2) is 12.8. The van der Waals surface area contributed by atoms with E-state index in [-0.39, 0.29) is 36.7 Å². The first-order valence-corrected chi connectivity index (χ1v) is 11.7. The number of piperidine rings is 1. The molecule has 4 rings (SSSR count). The van der Waals surface area contributed by atoms with Crippen molar-refractivity contribution in [1.29, 1.82) is 5.41 Å². The molecule has 0 bridgehead atoms. The summed E-state index contributed by atoms with van der Waals surface area (Å²) in [4.78, 5) is 21.2. The van der Waals surface area contributed by atoms with Crippen LogP contribution in [0.25, 0.3) is 0 Å². The van der Waals surface area contributed by atoms with Crippen molar-refractivity contribution >= 4 is 42.4 Å². The molecule has 1 aromatic carbocycles. The van der Waals surface area contributed by atoms with Crippen LogP contribution in [0.15, 0.2) is 42.7 Å². The van der Waals surface area contributed by atoms with Gasteiger partial charge in [0, 0.05) is 44.3 Å². The highest BCUT2D eigenvalue weighted by Crippen LogP contribution is 2.38. The van der Waals surface area contributed by atoms with E-state index in [0.29, 0.717) is 26.2 Å². The molecule has 0 amide bonds. The molecule has 0 aliphatic carbocycles. The van der Waals surface area contributed by atoms with E-state index in [0.717, 1.165) is 55.9 Å². The normalized spacial score (nSPS) is 16.3. The number of ether oxygens (including phenoxy) is 2. The monoisotopic (exact) mass is 523 g/mol. The average molecular weight is 524 g/mol. The average Bonchev–Trinajstić information content (AvgIpc) is 2.84. The Morgan fingerprint density at radius 3 is 2.49 bits per heavy atom. The number of anilines is 1. The number of esters is 1. The third-order valence-corrected chi connectivity index (χ3v) is 6.84. The van der Waals surface area contributed by atoms with Crippen LogP contribution in [0, 0.1) is 10.8 Å². The summed E-state index contributed by atoms with van der Waals surface area (Å²) < 4.78 is 11.6. The van der Waals surface area contributed by atoms with Crippen LogP contribution >= 0.6 is 24.8 Å². The predicted molar refractivity (Wildman–Crippen MR) is 142 cm³/mol. The number of carbonyl (C=O) groups excluding carboxylic acids is 1. The zero-order valence-electron chi connectivity index (χ0n) is 20.1. The summed E-state index contributed by atoms with van der Waals surface area (Å²) in [5.74, 6) is 0.763. The first-order chi connectivity index (χ1) is 16.0. The number of hydrogen-bond acceptors (Lipinski definition) is 6. The van der Waals surface area contributed by atoms with Crippen molar-refractivity contribution in [2.24, 2.45) is 11.1 Å². The Balaban J connectivity index is 0.00000216. The molecule has 3 heterocycles. The summed E-state index contributed by atoms with van der Waals surface area (Å²) in [5, 5.41) is 7.70. The molecule has 192 valence electrons. The molecule has 1 aromatic heterocycles. The largest absolute Gasteiger partial charge is 0.494 e. The van der Waals surface area contributed by atoms with E-state index in [9.17, 15) is 4.79 Å². The van der Waals surface area contributed by atoms with Crippen molar-refractivity contribution in [2.75, 3.05) is 37.7 Å². The Morgan fingerprint density at radius 1 is 1.11 bits per heavy atom. The number of nitrogens with zero attached hydrogens (tertiary/aromatic N) is 3. The van der Waals surface area contributed by atoms with Crippen LogP contribution in [-0.4, -0.2) is 54.7 Å². The van der Waals surface area contributed by atoms with Gasteiger partial charge in [0.15, 0.2) is 5.96 Å². The van der Waals surface area contributed by atoms with Crippen LogP contribution in [-0.2, 0) is 22.5 Å². The molecule has 2 aliphatic heterocycles. The van der Waals surface area contributed by atoms with Crippen LogP contribution in [0.5, 0.6) is 5.75 Å². The molecule has 0 spiro atoms. The van der Waals surface area contributed by atoms with Crippen LogP contribution < -0.4 is 15.4 Å². The van der Waals surface area contributed by atoms with Crippen LogP contribution in [0.3, 0.4) is 0 Å². The molecule has 1 fully saturated rings. The van der Waals surface area contributed by atoms with E-state index in [4.69, 9.17) is 20.6 Å². The maximum Gasteiger partial charge on any atom is 0.312 e. The standard InChI is InChI=1S/C25H33N5O3.2ClH/c1-2-32-23(31)25(8-14-29(15-9-25)21-5-11-28-12-6-21)10-16-33-22-4-3-19-7-13-30(24(26)27)18-20(19)17-22;;/h3-6,11-12,17H,2,7-10,13-16,18H2,1H3,(H3,26,27);2*1H. The molecular formula is C25H35Cl2N5O3. The minimum Gasteiger partial charge on any atom is -0.494 e. The molecule has 1 saturated heterocycles. The predicted octanol–water partition coefficient (Wildman–Crippen LogP) is 3.80. The Kier molecular flexibility index (Phi) is 10.5. The van der Waals surface area contributed by atoms with E-state index >= 15 is 0 Å². The highest BCUT2D eigenvalue weighted by molar-refractivity contribution is 5.85. The van der Waals surface area contributed by atoms with Gasteiger partial charge in [-0.1, -0.05) is 6.07 Å². The quantitative estimate of drug-likeness (QED) is 0.323. The lowest BCUT2D eigenvalue weighted by Crippen LogP contribution is -2.46. The molecule has 2 aromatic rings. The van der Waals surface area contributed by atoms with Gasteiger partial charge < -0.3 is 25.0 Å². The smallest absolute Gasteiger partial charge is 0.312 e. The summed E-state index contributed by atoms with van der Waals surface area (Å²) in [6.07, 6.45) is 6.54. The third kappa shape index (κ3) is 6.70. The van der Waals surface area contributed by atoms with Crippen molar-refractivity contribution in [2.45, 2.75) is 39.2 Å². The van der Waals surface area contributed by atoms with Gasteiger partial charge in [-0.25, -0.2) is 0 Å². The number of carbonyl (C=O) groups is 1. The highest BCUT2D eigenvalue weighted by atomic mass is 35.5. The van der Waals surface area contributed by atoms with Gasteiger partial charge in [0.05, 0.1) is 18.6 Å². The lowest BCUT2D eigenvalue weighted by Gasteiger charge is -2.40. The zero-order chi connectivity index (χ0) is 23.3. The summed E-state index contributed by atoms with van der Waals surface area (Å²) >= 11 is 0. The molecule has 0 unspecified atom stereocenters. The minimum absolute atomic E-state index is 0. The maximum atomic E-state index is 13.0. The summed E-state index contributed by atoms with van der Waals surface area (Å²) in [6.45, 7) is 5.66. The molecule has 2 aliphatic rings. The number of fused-ring (bicyclic) bond motifs is 1. The summed E-state index contributed by atoms with van der Waals surface area (Å²) in [5.41, 5.74) is 8.68. The minimum atomic E-state index is -0.529. The van der Waals surface area contributed by atoms with Gasteiger partial charge in [0.25, 0.3) is 0 Å². The lowest BCUT2D eigenvalue weighted by molar-refractivity contribution is -0.157. The Hall–Kier alpha value is -2.71. The zero-order valence-corrected chi connectivity index (χ0v) is 21.7. The van der Waals surface area contributed by atoms with E-state index in [2.05, 4.69) is 16.0 Å². The van der Waals surface area contributed by atoms with E-state index in [1.165, 1.54) is 5.56 Å². The third-order valence-electron chi connectivity index (χ3n) is 6.84. The summed E-state index contributed by atoms with van der Waals surface area (Å²) in [7, 11) is 0. The second-order valence-corrected chi connectivity index (χ2v) is 8.78. The number of nitrogens with two attached hydrogens (primary N) is 1. The van der Waals surface area contributed by atoms with Crippen LogP contribution in [0.4, 0.5) is 5.69 Å². The molecule has 0 radical (unpaired) electrons. The second-order valence-electron chi connectivity index (χ2n) is 8.78. The number of halogens is 2. The first-order valence-electron chi connectivity index (χ1n) is 11.7. The number of nitrogens with one attached hydrogen (secondary N) is 1. The van der Waals surface area contributed by atoms with Crippen molar-refractivity contribution < 1.29 is 14.3 Å². The topological polar surface area (TPSA) is 105 Å². The van der Waals surface area contributed by atoms with Gasteiger partial charge in [-0.2, -0.15) is 0 Å². The summed E-state index contributed by atoms with van der Waals surface area (Å²) in [6, 6.07) is 10.1. The number of guanidine groups is 1. The number of aromatic nitrogens is 1. The lowest BCUT2D eigenvalue weighted by atomic mass is 9.75. The van der Waals surface area contributed by atoms with Gasteiger partial charge in [0.1, 0.15) is 5.75 Å². The number of rotatable bonds is 7. The van der Waals surface area contributed by atoms with Gasteiger partial charge >= 0.3 is 5.97 Å². The van der Waals surface area contributed by atoms with E-state index in [1.807, 2.05) is 36.1 Å². The van der Waals surface area contributed by atoms with E-state index in [1.54, 1.807) is 12.4 Å². The van der Waals surface area contributed by atoms with Gasteiger partial charge in [-0.15, -0.1) is 24.8 Å². The molecular weight excluding hydrogens is 489 g/mol. The number of benzene rings is 1. The molecule has 0 saturated carbocycles. The van der Waals surface area contributed by atoms with Gasteiger partial charge in [0.2, 0.25) is 0 Å².